The zero-order chi connectivity index (χ0) is 25.4. The van der Waals surface area contributed by atoms with E-state index in [1.165, 1.54) is 0 Å². The van der Waals surface area contributed by atoms with Gasteiger partial charge in [-0.25, -0.2) is 0 Å². The van der Waals surface area contributed by atoms with E-state index < -0.39 is 60.3 Å². The summed E-state index contributed by atoms with van der Waals surface area (Å²) in [6, 6.07) is 6.26. The fraction of sp³-hybridized carbons (Fsp3) is 0.750. The van der Waals surface area contributed by atoms with E-state index >= 15 is 0 Å². The summed E-state index contributed by atoms with van der Waals surface area (Å²) in [5.41, 5.74) is -0.784. The number of hydrogen-bond acceptors (Lipinski definition) is 11. The summed E-state index contributed by atoms with van der Waals surface area (Å²) in [7, 11) is 3.29. The lowest BCUT2D eigenvalue weighted by Crippen LogP contribution is -2.81. The Balaban J connectivity index is 1.52. The topological polar surface area (TPSA) is 154 Å². The highest BCUT2D eigenvalue weighted by Gasteiger charge is 2.68. The second-order valence-electron chi connectivity index (χ2n) is 9.68. The number of ether oxygens (including phenoxy) is 4. The standard InChI is InChI=1S/C24H39N3O8/c1-5-32-15-8-6-14(7-9-15)11-27-12-23(30)10-13(2)33-22-24(23,31)35-20-17(26-4)18(28)16(25-3)19(29)21(20)34-22/h6-9,13,16-22,25-31H,5,10-12H2,1-4H3. The van der Waals surface area contributed by atoms with Crippen LogP contribution in [-0.4, -0.2) is 108 Å². The van der Waals surface area contributed by atoms with Crippen molar-refractivity contribution < 1.29 is 39.4 Å². The molecule has 1 aromatic carbocycles. The molecule has 198 valence electrons. The van der Waals surface area contributed by atoms with Gasteiger partial charge in [-0.2, -0.15) is 0 Å². The lowest BCUT2D eigenvalue weighted by molar-refractivity contribution is -0.482. The summed E-state index contributed by atoms with van der Waals surface area (Å²) in [4.78, 5) is 0. The van der Waals surface area contributed by atoms with Crippen molar-refractivity contribution in [3.8, 4) is 5.75 Å². The van der Waals surface area contributed by atoms with Crippen LogP contribution in [0.15, 0.2) is 24.3 Å². The molecule has 0 spiro atoms. The van der Waals surface area contributed by atoms with Gasteiger partial charge in [-0.1, -0.05) is 12.1 Å². The van der Waals surface area contributed by atoms with Gasteiger partial charge in [-0.3, -0.25) is 0 Å². The Morgan fingerprint density at radius 1 is 1.00 bits per heavy atom. The maximum atomic E-state index is 11.7. The largest absolute Gasteiger partial charge is 0.494 e. The van der Waals surface area contributed by atoms with Gasteiger partial charge in [0.1, 0.15) is 29.7 Å². The van der Waals surface area contributed by atoms with E-state index in [0.29, 0.717) is 13.2 Å². The van der Waals surface area contributed by atoms with E-state index in [0.717, 1.165) is 11.3 Å². The SMILES string of the molecule is CCOc1ccc(CNCC2(O)CC(C)OC3OC4C(O)C(NC)C(O)C(NC)C4OC32O)cc1. The van der Waals surface area contributed by atoms with Crippen molar-refractivity contribution in [2.24, 2.45) is 0 Å². The first-order valence-electron chi connectivity index (χ1n) is 12.2. The molecule has 4 rings (SSSR count). The Hall–Kier alpha value is -1.38. The number of hydrogen-bond donors (Lipinski definition) is 7. The average Bonchev–Trinajstić information content (AvgIpc) is 2.81. The summed E-state index contributed by atoms with van der Waals surface area (Å²) in [5, 5.41) is 54.2. The molecule has 2 aliphatic heterocycles. The third kappa shape index (κ3) is 4.82. The van der Waals surface area contributed by atoms with Gasteiger partial charge in [0.15, 0.2) is 0 Å². The highest BCUT2D eigenvalue weighted by molar-refractivity contribution is 5.27. The van der Waals surface area contributed by atoms with Crippen molar-refractivity contribution in [1.29, 1.82) is 0 Å². The normalized spacial score (nSPS) is 43.3. The Labute approximate surface area is 205 Å². The summed E-state index contributed by atoms with van der Waals surface area (Å²) >= 11 is 0. The number of aliphatic hydroxyl groups is 4. The molecule has 7 N–H and O–H groups in total. The monoisotopic (exact) mass is 497 g/mol. The molecule has 11 heteroatoms. The highest BCUT2D eigenvalue weighted by Crippen LogP contribution is 2.46. The first-order chi connectivity index (χ1) is 16.7. The van der Waals surface area contributed by atoms with Crippen LogP contribution in [0, 0.1) is 0 Å². The molecule has 0 radical (unpaired) electrons. The smallest absolute Gasteiger partial charge is 0.249 e. The molecule has 0 bridgehead atoms. The lowest BCUT2D eigenvalue weighted by Gasteiger charge is -2.60. The maximum Gasteiger partial charge on any atom is 0.249 e. The van der Waals surface area contributed by atoms with Gasteiger partial charge in [0.05, 0.1) is 30.9 Å². The molecular formula is C24H39N3O8. The van der Waals surface area contributed by atoms with Gasteiger partial charge < -0.3 is 55.3 Å². The van der Waals surface area contributed by atoms with Crippen LogP contribution < -0.4 is 20.7 Å². The third-order valence-corrected chi connectivity index (χ3v) is 7.33. The Morgan fingerprint density at radius 2 is 1.69 bits per heavy atom. The minimum Gasteiger partial charge on any atom is -0.494 e. The number of fused-ring (bicyclic) bond motifs is 2. The minimum atomic E-state index is -2.23. The molecule has 1 saturated carbocycles. The number of nitrogens with one attached hydrogen (secondary N) is 3. The molecule has 11 nitrogen and oxygen atoms in total. The maximum absolute atomic E-state index is 11.7. The molecule has 3 fully saturated rings. The number of rotatable bonds is 8. The molecule has 0 amide bonds. The van der Waals surface area contributed by atoms with Crippen LogP contribution in [0.2, 0.25) is 0 Å². The molecular weight excluding hydrogens is 458 g/mol. The summed E-state index contributed by atoms with van der Waals surface area (Å²) in [6.07, 6.45) is -5.67. The van der Waals surface area contributed by atoms with Gasteiger partial charge in [0.2, 0.25) is 12.1 Å². The zero-order valence-electron chi connectivity index (χ0n) is 20.7. The van der Waals surface area contributed by atoms with E-state index in [4.69, 9.17) is 18.9 Å². The fourth-order valence-electron chi connectivity index (χ4n) is 5.51. The van der Waals surface area contributed by atoms with Crippen LogP contribution in [0.3, 0.4) is 0 Å². The Kier molecular flexibility index (Phi) is 8.04. The van der Waals surface area contributed by atoms with Crippen molar-refractivity contribution in [3.63, 3.8) is 0 Å². The fourth-order valence-corrected chi connectivity index (χ4v) is 5.51. The molecule has 10 unspecified atom stereocenters. The summed E-state index contributed by atoms with van der Waals surface area (Å²) < 4.78 is 23.5. The van der Waals surface area contributed by atoms with Crippen molar-refractivity contribution in [3.05, 3.63) is 29.8 Å². The number of benzene rings is 1. The van der Waals surface area contributed by atoms with Crippen LogP contribution in [-0.2, 0) is 20.8 Å². The van der Waals surface area contributed by atoms with E-state index in [1.54, 1.807) is 21.0 Å². The molecule has 1 aliphatic carbocycles. The Morgan fingerprint density at radius 3 is 2.31 bits per heavy atom. The van der Waals surface area contributed by atoms with E-state index in [2.05, 4.69) is 16.0 Å². The van der Waals surface area contributed by atoms with Crippen LogP contribution in [0.4, 0.5) is 0 Å². The van der Waals surface area contributed by atoms with E-state index in [-0.39, 0.29) is 13.0 Å². The molecule has 0 aromatic heterocycles. The first kappa shape index (κ1) is 26.7. The zero-order valence-corrected chi connectivity index (χ0v) is 20.7. The summed E-state index contributed by atoms with van der Waals surface area (Å²) in [6.45, 7) is 4.73. The van der Waals surface area contributed by atoms with E-state index in [1.807, 2.05) is 31.2 Å². The van der Waals surface area contributed by atoms with Gasteiger partial charge in [-0.05, 0) is 45.6 Å². The van der Waals surface area contributed by atoms with Gasteiger partial charge in [-0.15, -0.1) is 0 Å². The van der Waals surface area contributed by atoms with Crippen LogP contribution >= 0.6 is 0 Å². The average molecular weight is 498 g/mol. The molecule has 1 aromatic rings. The third-order valence-electron chi connectivity index (χ3n) is 7.33. The van der Waals surface area contributed by atoms with Gasteiger partial charge >= 0.3 is 0 Å². The molecule has 2 heterocycles. The predicted octanol–water partition coefficient (Wildman–Crippen LogP) is -1.58. The van der Waals surface area contributed by atoms with Crippen LogP contribution in [0.1, 0.15) is 25.8 Å². The number of likely N-dealkylation sites (N-methyl/N-ethyl adjacent to an activating group) is 2. The predicted molar refractivity (Wildman–Crippen MR) is 126 cm³/mol. The van der Waals surface area contributed by atoms with Crippen molar-refractivity contribution in [1.82, 2.24) is 16.0 Å². The Bertz CT molecular complexity index is 847. The first-order valence-corrected chi connectivity index (χ1v) is 12.2. The number of aliphatic hydroxyl groups excluding tert-OH is 2. The van der Waals surface area contributed by atoms with Crippen molar-refractivity contribution >= 4 is 0 Å². The highest BCUT2D eigenvalue weighted by atomic mass is 16.8. The van der Waals surface area contributed by atoms with E-state index in [9.17, 15) is 20.4 Å². The lowest BCUT2D eigenvalue weighted by atomic mass is 9.77. The molecule has 35 heavy (non-hydrogen) atoms. The minimum absolute atomic E-state index is 0.00384. The van der Waals surface area contributed by atoms with Crippen molar-refractivity contribution in [2.45, 2.75) is 87.1 Å². The second kappa shape index (κ2) is 10.5. The molecule has 2 saturated heterocycles. The summed E-state index contributed by atoms with van der Waals surface area (Å²) in [5.74, 6) is -1.45. The van der Waals surface area contributed by atoms with Crippen LogP contribution in [0.25, 0.3) is 0 Å². The van der Waals surface area contributed by atoms with Gasteiger partial charge in [0, 0.05) is 19.5 Å². The molecule has 3 aliphatic rings. The van der Waals surface area contributed by atoms with Gasteiger partial charge in [0.25, 0.3) is 0 Å². The molecule has 10 atom stereocenters. The quantitative estimate of drug-likeness (QED) is 0.223. The van der Waals surface area contributed by atoms with Crippen molar-refractivity contribution in [2.75, 3.05) is 27.2 Å². The van der Waals surface area contributed by atoms with Crippen LogP contribution in [0.5, 0.6) is 5.75 Å². The second-order valence-corrected chi connectivity index (χ2v) is 9.68.